The lowest BCUT2D eigenvalue weighted by Crippen LogP contribution is -2.49. The van der Waals surface area contributed by atoms with Crippen molar-refractivity contribution in [3.8, 4) is 0 Å². The average molecular weight is 397 g/mol. The largest absolute Gasteiger partial charge is 0.500 e. The summed E-state index contributed by atoms with van der Waals surface area (Å²) in [5, 5.41) is 0. The zero-order valence-corrected chi connectivity index (χ0v) is 19.9. The molecule has 152 valence electrons. The van der Waals surface area contributed by atoms with Gasteiger partial charge < -0.3 is 22.2 Å². The van der Waals surface area contributed by atoms with Crippen molar-refractivity contribution in [1.29, 1.82) is 0 Å². The SMILES string of the molecule is CO[Si](CCCSCCCCC[N+](C)(C)CC[N+](C)(C)C)(OC)OC. The van der Waals surface area contributed by atoms with Gasteiger partial charge in [-0.2, -0.15) is 11.8 Å². The Labute approximate surface area is 162 Å². The molecular formula is C18H44N2O3SSi+2. The van der Waals surface area contributed by atoms with E-state index < -0.39 is 8.80 Å². The van der Waals surface area contributed by atoms with Crippen LogP contribution in [0.25, 0.3) is 0 Å². The van der Waals surface area contributed by atoms with E-state index in [1.807, 2.05) is 11.8 Å². The van der Waals surface area contributed by atoms with Crippen LogP contribution < -0.4 is 0 Å². The van der Waals surface area contributed by atoms with Gasteiger partial charge in [0.2, 0.25) is 0 Å². The topological polar surface area (TPSA) is 27.7 Å². The normalized spacial score (nSPS) is 13.4. The van der Waals surface area contributed by atoms with E-state index in [9.17, 15) is 0 Å². The second kappa shape index (κ2) is 12.7. The molecule has 0 saturated carbocycles. The van der Waals surface area contributed by atoms with Crippen molar-refractivity contribution in [3.63, 3.8) is 0 Å². The lowest BCUT2D eigenvalue weighted by molar-refractivity contribution is -0.937. The van der Waals surface area contributed by atoms with E-state index in [1.165, 1.54) is 44.6 Å². The zero-order valence-electron chi connectivity index (χ0n) is 18.1. The molecule has 0 spiro atoms. The summed E-state index contributed by atoms with van der Waals surface area (Å²) >= 11 is 2.04. The lowest BCUT2D eigenvalue weighted by atomic mass is 10.2. The Hall–Kier alpha value is 0.367. The van der Waals surface area contributed by atoms with Gasteiger partial charge in [0.05, 0.1) is 41.8 Å². The van der Waals surface area contributed by atoms with E-state index in [4.69, 9.17) is 13.3 Å². The van der Waals surface area contributed by atoms with Crippen molar-refractivity contribution in [2.75, 3.05) is 87.7 Å². The quantitative estimate of drug-likeness (QED) is 0.228. The lowest BCUT2D eigenvalue weighted by Gasteiger charge is -2.33. The van der Waals surface area contributed by atoms with Gasteiger partial charge in [0, 0.05) is 27.4 Å². The predicted octanol–water partition coefficient (Wildman–Crippen LogP) is 2.94. The molecule has 0 bridgehead atoms. The van der Waals surface area contributed by atoms with E-state index in [0.717, 1.165) is 27.2 Å². The van der Waals surface area contributed by atoms with Crippen LogP contribution in [-0.2, 0) is 13.3 Å². The Kier molecular flexibility index (Phi) is 12.9. The van der Waals surface area contributed by atoms with Crippen molar-refractivity contribution >= 4 is 20.6 Å². The summed E-state index contributed by atoms with van der Waals surface area (Å²) in [6.07, 6.45) is 5.09. The first-order valence-electron chi connectivity index (χ1n) is 9.45. The van der Waals surface area contributed by atoms with Crippen molar-refractivity contribution in [2.45, 2.75) is 31.7 Å². The highest BCUT2D eigenvalue weighted by atomic mass is 32.2. The molecule has 5 nitrogen and oxygen atoms in total. The number of nitrogens with zero attached hydrogens (tertiary/aromatic N) is 2. The summed E-state index contributed by atoms with van der Waals surface area (Å²) in [7, 11) is 14.3. The van der Waals surface area contributed by atoms with Gasteiger partial charge in [-0.15, -0.1) is 0 Å². The highest BCUT2D eigenvalue weighted by Crippen LogP contribution is 2.18. The molecule has 0 aromatic rings. The number of rotatable bonds is 16. The van der Waals surface area contributed by atoms with Gasteiger partial charge in [0.25, 0.3) is 0 Å². The molecule has 7 heteroatoms. The van der Waals surface area contributed by atoms with Crippen LogP contribution in [0.3, 0.4) is 0 Å². The van der Waals surface area contributed by atoms with Gasteiger partial charge in [0.15, 0.2) is 0 Å². The van der Waals surface area contributed by atoms with E-state index >= 15 is 0 Å². The standard InChI is InChI=1S/C18H44N2O3SSi/c1-19(2,3)14-15-20(4,5)13-10-9-11-16-24-17-12-18-25(21-6,22-7)23-8/h9-18H2,1-8H3/q+2. The smallest absolute Gasteiger partial charge is 0.377 e. The highest BCUT2D eigenvalue weighted by Gasteiger charge is 2.36. The third-order valence-corrected chi connectivity index (χ3v) is 8.62. The fraction of sp³-hybridized carbons (Fsp3) is 1.00. The molecule has 25 heavy (non-hydrogen) atoms. The third kappa shape index (κ3) is 13.2. The van der Waals surface area contributed by atoms with Crippen LogP contribution in [0.5, 0.6) is 0 Å². The Morgan fingerprint density at radius 2 is 1.24 bits per heavy atom. The molecular weight excluding hydrogens is 352 g/mol. The Balaban J connectivity index is 3.64. The summed E-state index contributed by atoms with van der Waals surface area (Å²) in [5.41, 5.74) is 0. The van der Waals surface area contributed by atoms with Crippen molar-refractivity contribution < 1.29 is 22.2 Å². The molecule has 0 rings (SSSR count). The minimum Gasteiger partial charge on any atom is -0.377 e. The first-order valence-corrected chi connectivity index (χ1v) is 12.5. The van der Waals surface area contributed by atoms with Gasteiger partial charge >= 0.3 is 8.80 Å². The van der Waals surface area contributed by atoms with Crippen LogP contribution >= 0.6 is 11.8 Å². The summed E-state index contributed by atoms with van der Waals surface area (Å²) in [4.78, 5) is 0. The zero-order chi connectivity index (χ0) is 19.4. The van der Waals surface area contributed by atoms with E-state index in [-0.39, 0.29) is 0 Å². The van der Waals surface area contributed by atoms with Gasteiger partial charge in [0.1, 0.15) is 13.1 Å². The summed E-state index contributed by atoms with van der Waals surface area (Å²) in [6, 6.07) is 0.904. The Morgan fingerprint density at radius 3 is 1.76 bits per heavy atom. The summed E-state index contributed by atoms with van der Waals surface area (Å²) < 4.78 is 18.5. The van der Waals surface area contributed by atoms with E-state index in [1.54, 1.807) is 21.3 Å². The van der Waals surface area contributed by atoms with Crippen LogP contribution in [0.4, 0.5) is 0 Å². The van der Waals surface area contributed by atoms with Gasteiger partial charge in [-0.05, 0) is 37.2 Å². The molecule has 0 unspecified atom stereocenters. The second-order valence-corrected chi connectivity index (χ2v) is 12.8. The van der Waals surface area contributed by atoms with Crippen molar-refractivity contribution in [3.05, 3.63) is 0 Å². The Morgan fingerprint density at radius 1 is 0.680 bits per heavy atom. The van der Waals surface area contributed by atoms with Crippen molar-refractivity contribution in [1.82, 2.24) is 0 Å². The molecule has 0 aliphatic rings. The fourth-order valence-corrected chi connectivity index (χ4v) is 5.59. The first-order chi connectivity index (χ1) is 11.6. The molecule has 0 aliphatic heterocycles. The average Bonchev–Trinajstić information content (AvgIpc) is 2.55. The summed E-state index contributed by atoms with van der Waals surface area (Å²) in [6.45, 7) is 3.77. The van der Waals surface area contributed by atoms with Gasteiger partial charge in [-0.25, -0.2) is 0 Å². The maximum atomic E-state index is 5.45. The molecule has 0 amide bonds. The van der Waals surface area contributed by atoms with E-state index in [2.05, 4.69) is 35.2 Å². The minimum absolute atomic E-state index is 0.904. The highest BCUT2D eigenvalue weighted by molar-refractivity contribution is 7.99. The van der Waals surface area contributed by atoms with Crippen LogP contribution in [-0.4, -0.2) is 105 Å². The van der Waals surface area contributed by atoms with Gasteiger partial charge in [-0.3, -0.25) is 0 Å². The molecule has 0 aliphatic carbocycles. The van der Waals surface area contributed by atoms with Crippen molar-refractivity contribution in [2.24, 2.45) is 0 Å². The minimum atomic E-state index is -2.36. The summed E-state index contributed by atoms with van der Waals surface area (Å²) in [5.74, 6) is 2.42. The fourth-order valence-electron chi connectivity index (χ4n) is 2.65. The molecule has 0 radical (unpaired) electrons. The molecule has 0 N–H and O–H groups in total. The Bertz CT molecular complexity index is 327. The van der Waals surface area contributed by atoms with Crippen LogP contribution in [0.1, 0.15) is 25.7 Å². The predicted molar refractivity (Wildman–Crippen MR) is 112 cm³/mol. The molecule has 0 heterocycles. The van der Waals surface area contributed by atoms with Gasteiger partial charge in [-0.1, -0.05) is 0 Å². The van der Waals surface area contributed by atoms with E-state index in [0.29, 0.717) is 0 Å². The van der Waals surface area contributed by atoms with Crippen LogP contribution in [0, 0.1) is 0 Å². The number of thioether (sulfide) groups is 1. The molecule has 0 aromatic heterocycles. The first kappa shape index (κ1) is 25.4. The number of quaternary nitrogens is 2. The maximum absolute atomic E-state index is 5.45. The second-order valence-electron chi connectivity index (χ2n) is 8.47. The molecule has 0 saturated heterocycles. The number of hydrogen-bond donors (Lipinski definition) is 0. The number of unbranched alkanes of at least 4 members (excludes halogenated alkanes) is 2. The number of hydrogen-bond acceptors (Lipinski definition) is 4. The van der Waals surface area contributed by atoms with Crippen LogP contribution in [0.2, 0.25) is 6.04 Å². The number of likely N-dealkylation sites (N-methyl/N-ethyl adjacent to an activating group) is 2. The molecule has 0 atom stereocenters. The molecule has 0 aromatic carbocycles. The molecule has 0 fully saturated rings. The van der Waals surface area contributed by atoms with Crippen LogP contribution in [0.15, 0.2) is 0 Å². The third-order valence-electron chi connectivity index (χ3n) is 4.63. The maximum Gasteiger partial charge on any atom is 0.500 e. The monoisotopic (exact) mass is 396 g/mol.